The molecule has 1 aliphatic rings. The summed E-state index contributed by atoms with van der Waals surface area (Å²) in [5.74, 6) is -2.76. The number of nitrogens with zero attached hydrogens (tertiary/aromatic N) is 2. The van der Waals surface area contributed by atoms with Gasteiger partial charge in [0.25, 0.3) is 0 Å². The van der Waals surface area contributed by atoms with Crippen LogP contribution in [-0.4, -0.2) is 82.2 Å². The molecule has 0 saturated carbocycles. The predicted octanol–water partition coefficient (Wildman–Crippen LogP) is 5.33. The van der Waals surface area contributed by atoms with Crippen LogP contribution < -0.4 is 20.2 Å². The Kier molecular flexibility index (Phi) is 14.4. The molecule has 294 valence electrons. The maximum absolute atomic E-state index is 14.4. The zero-order chi connectivity index (χ0) is 39.9. The van der Waals surface area contributed by atoms with Crippen LogP contribution in [-0.2, 0) is 46.3 Å². The number of halogens is 2. The highest BCUT2D eigenvalue weighted by Gasteiger charge is 2.35. The molecule has 1 fully saturated rings. The van der Waals surface area contributed by atoms with Crippen molar-refractivity contribution in [3.63, 3.8) is 0 Å². The summed E-state index contributed by atoms with van der Waals surface area (Å²) in [7, 11) is -3.87. The van der Waals surface area contributed by atoms with Crippen LogP contribution in [0, 0.1) is 5.82 Å². The first-order valence-corrected chi connectivity index (χ1v) is 20.0. The number of likely N-dealkylation sites (tertiary alicyclic amines) is 1. The summed E-state index contributed by atoms with van der Waals surface area (Å²) in [5.41, 5.74) is 1.03. The second-order valence-corrected chi connectivity index (χ2v) is 16.4. The quantitative estimate of drug-likeness (QED) is 0.0916. The number of esters is 2. The van der Waals surface area contributed by atoms with Gasteiger partial charge in [0.05, 0.1) is 22.7 Å². The Morgan fingerprint density at radius 1 is 0.963 bits per heavy atom. The van der Waals surface area contributed by atoms with Crippen molar-refractivity contribution >= 4 is 59.5 Å². The van der Waals surface area contributed by atoms with Crippen LogP contribution in [0.25, 0.3) is 10.9 Å². The molecule has 0 radical (unpaired) electrons. The molecule has 2 amide bonds. The maximum Gasteiger partial charge on any atom is 0.323 e. The molecule has 3 N–H and O–H groups in total. The fourth-order valence-corrected chi connectivity index (χ4v) is 8.22. The van der Waals surface area contributed by atoms with E-state index in [1.165, 1.54) is 37.8 Å². The van der Waals surface area contributed by atoms with Crippen LogP contribution in [0.4, 0.5) is 4.39 Å². The minimum absolute atomic E-state index is 0.0595. The maximum atomic E-state index is 14.4. The highest BCUT2D eigenvalue weighted by Crippen LogP contribution is 2.39. The van der Waals surface area contributed by atoms with Crippen molar-refractivity contribution in [3.05, 3.63) is 64.6 Å². The van der Waals surface area contributed by atoms with Crippen molar-refractivity contribution in [1.82, 2.24) is 25.0 Å². The molecule has 3 aromatic rings. The first kappa shape index (κ1) is 42.4. The number of fused-ring (bicyclic) bond motifs is 1. The second kappa shape index (κ2) is 18.4. The van der Waals surface area contributed by atoms with Gasteiger partial charge in [0.1, 0.15) is 36.2 Å². The number of carbonyl (C=O) groups is 5. The molecule has 0 unspecified atom stereocenters. The molecule has 0 spiro atoms. The third-order valence-electron chi connectivity index (χ3n) is 8.53. The molecule has 2 heterocycles. The van der Waals surface area contributed by atoms with Gasteiger partial charge in [0.15, 0.2) is 12.1 Å². The van der Waals surface area contributed by atoms with Gasteiger partial charge < -0.3 is 29.0 Å². The second-order valence-electron chi connectivity index (χ2n) is 13.8. The van der Waals surface area contributed by atoms with E-state index in [0.29, 0.717) is 35.9 Å². The predicted molar refractivity (Wildman–Crippen MR) is 201 cm³/mol. The highest BCUT2D eigenvalue weighted by atomic mass is 35.5. The Morgan fingerprint density at radius 2 is 1.59 bits per heavy atom. The van der Waals surface area contributed by atoms with Crippen molar-refractivity contribution in [3.8, 4) is 5.75 Å². The number of hydrogen-bond donors (Lipinski definition) is 3. The molecular formula is C37H48ClFN5O9P. The van der Waals surface area contributed by atoms with E-state index in [1.54, 1.807) is 62.7 Å². The van der Waals surface area contributed by atoms with Crippen LogP contribution in [0.1, 0.15) is 77.2 Å². The molecular weight excluding hydrogens is 744 g/mol. The van der Waals surface area contributed by atoms with E-state index in [9.17, 15) is 32.9 Å². The Balaban J connectivity index is 1.54. The zero-order valence-electron chi connectivity index (χ0n) is 31.4. The fourth-order valence-electron chi connectivity index (χ4n) is 6.01. The number of hydrogen-bond acceptors (Lipinski definition) is 9. The number of amides is 2. The lowest BCUT2D eigenvalue weighted by Crippen LogP contribution is -2.46. The molecule has 14 nitrogen and oxygen atoms in total. The number of ketones is 1. The van der Waals surface area contributed by atoms with Crippen LogP contribution in [0.5, 0.6) is 5.75 Å². The standard InChI is InChI=1S/C37H48ClFN5O9P/c1-21(2)52-36(48)23(5)41-54(50,42-24(6)37(49)53-22(3)4)20-51-27-13-14-28-29(25(7)45)18-43(32(28)16-27)19-33(46)44-15-9-12-31(44)35(47)40-17-26-10-8-11-30(38)34(26)39/h8,10-11,13-14,16,18,21-24,31H,9,12,15,17,19-20H2,1-7H3,(H,40,47)(H2,41,42,50)/t23-,24-,31-/m0/s1. The summed E-state index contributed by atoms with van der Waals surface area (Å²) >= 11 is 5.87. The minimum Gasteiger partial charge on any atom is -0.483 e. The van der Waals surface area contributed by atoms with E-state index < -0.39 is 67.8 Å². The number of ether oxygens (including phenoxy) is 3. The molecule has 1 saturated heterocycles. The summed E-state index contributed by atoms with van der Waals surface area (Å²) in [6.07, 6.45) is 1.21. The molecule has 3 atom stereocenters. The van der Waals surface area contributed by atoms with E-state index in [4.69, 9.17) is 25.8 Å². The molecule has 0 aliphatic carbocycles. The van der Waals surface area contributed by atoms with Gasteiger partial charge in [-0.15, -0.1) is 0 Å². The third kappa shape index (κ3) is 10.9. The van der Waals surface area contributed by atoms with Gasteiger partial charge in [-0.05, 0) is 79.5 Å². The number of Topliss-reactive ketones (excluding diaryl/α,β-unsaturated/α-hetero) is 1. The van der Waals surface area contributed by atoms with Crippen LogP contribution in [0.15, 0.2) is 42.6 Å². The zero-order valence-corrected chi connectivity index (χ0v) is 33.1. The highest BCUT2D eigenvalue weighted by molar-refractivity contribution is 7.59. The Bertz CT molecular complexity index is 1900. The smallest absolute Gasteiger partial charge is 0.323 e. The molecule has 1 aliphatic heterocycles. The van der Waals surface area contributed by atoms with Crippen molar-refractivity contribution in [2.24, 2.45) is 0 Å². The van der Waals surface area contributed by atoms with E-state index >= 15 is 0 Å². The first-order chi connectivity index (χ1) is 25.4. The molecule has 54 heavy (non-hydrogen) atoms. The van der Waals surface area contributed by atoms with Crippen LogP contribution >= 0.6 is 19.0 Å². The van der Waals surface area contributed by atoms with Gasteiger partial charge in [0.2, 0.25) is 19.3 Å². The number of carbonyl (C=O) groups excluding carboxylic acids is 5. The summed E-state index contributed by atoms with van der Waals surface area (Å²) in [6, 6.07) is 6.44. The van der Waals surface area contributed by atoms with Crippen molar-refractivity contribution < 1.29 is 47.1 Å². The molecule has 1 aromatic heterocycles. The third-order valence-corrected chi connectivity index (χ3v) is 10.9. The van der Waals surface area contributed by atoms with Crippen LogP contribution in [0.3, 0.4) is 0 Å². The first-order valence-electron chi connectivity index (χ1n) is 17.7. The average molecular weight is 792 g/mol. The van der Waals surface area contributed by atoms with E-state index in [2.05, 4.69) is 15.5 Å². The van der Waals surface area contributed by atoms with Gasteiger partial charge in [-0.1, -0.05) is 23.7 Å². The largest absolute Gasteiger partial charge is 0.483 e. The van der Waals surface area contributed by atoms with Crippen molar-refractivity contribution in [1.29, 1.82) is 0 Å². The summed E-state index contributed by atoms with van der Waals surface area (Å²) < 4.78 is 46.7. The Morgan fingerprint density at radius 3 is 2.19 bits per heavy atom. The molecule has 17 heteroatoms. The molecule has 0 bridgehead atoms. The number of nitrogens with one attached hydrogen (secondary N) is 3. The van der Waals surface area contributed by atoms with Crippen molar-refractivity contribution in [2.75, 3.05) is 12.9 Å². The monoisotopic (exact) mass is 791 g/mol. The van der Waals surface area contributed by atoms with Gasteiger partial charge in [-0.3, -0.25) is 28.5 Å². The van der Waals surface area contributed by atoms with Gasteiger partial charge in [0, 0.05) is 41.9 Å². The summed E-state index contributed by atoms with van der Waals surface area (Å²) in [5, 5.41) is 8.69. The number of rotatable bonds is 17. The van der Waals surface area contributed by atoms with Gasteiger partial charge >= 0.3 is 11.9 Å². The van der Waals surface area contributed by atoms with Crippen LogP contribution in [0.2, 0.25) is 5.02 Å². The SMILES string of the molecule is CC(=O)c1cn(CC(=O)N2CCC[C@H]2C(=O)NCc2cccc(Cl)c2F)c2cc(OCP(=O)(N[C@@H](C)C(=O)OC(C)C)N[C@@H](C)C(=O)OC(C)C)ccc12. The lowest BCUT2D eigenvalue weighted by molar-refractivity contribution is -0.149. The fraction of sp³-hybridized carbons (Fsp3) is 0.486. The van der Waals surface area contributed by atoms with E-state index in [-0.39, 0.29) is 41.1 Å². The van der Waals surface area contributed by atoms with Gasteiger partial charge in [-0.25, -0.2) is 14.6 Å². The minimum atomic E-state index is -3.87. The average Bonchev–Trinajstić information content (AvgIpc) is 3.73. The lowest BCUT2D eigenvalue weighted by Gasteiger charge is -2.27. The Labute approximate surface area is 318 Å². The number of aromatic nitrogens is 1. The summed E-state index contributed by atoms with van der Waals surface area (Å²) in [4.78, 5) is 66.2. The van der Waals surface area contributed by atoms with E-state index in [1.807, 2.05) is 0 Å². The molecule has 4 rings (SSSR count). The molecule has 2 aromatic carbocycles. The Hall–Kier alpha value is -4.30. The van der Waals surface area contributed by atoms with Crippen molar-refractivity contribution in [2.45, 2.75) is 105 Å². The normalized spacial score (nSPS) is 15.7. The van der Waals surface area contributed by atoms with E-state index in [0.717, 1.165) is 0 Å². The topological polar surface area (TPSA) is 174 Å². The lowest BCUT2D eigenvalue weighted by atomic mass is 10.1. The van der Waals surface area contributed by atoms with Gasteiger partial charge in [-0.2, -0.15) is 0 Å². The summed E-state index contributed by atoms with van der Waals surface area (Å²) in [6.45, 7) is 11.1. The number of benzene rings is 2.